The number of primary amides is 1. The molecule has 0 aliphatic heterocycles. The van der Waals surface area contributed by atoms with Crippen LogP contribution in [-0.2, 0) is 4.79 Å². The summed E-state index contributed by atoms with van der Waals surface area (Å²) in [4.78, 5) is 22.2. The number of hydrogen-bond acceptors (Lipinski definition) is 2. The van der Waals surface area contributed by atoms with Gasteiger partial charge in [0, 0.05) is 6.54 Å². The molecule has 4 N–H and O–H groups in total. The van der Waals surface area contributed by atoms with Gasteiger partial charge in [0.1, 0.15) is 6.04 Å². The van der Waals surface area contributed by atoms with Gasteiger partial charge in [-0.15, -0.1) is 0 Å². The Morgan fingerprint density at radius 3 is 2.42 bits per heavy atom. The van der Waals surface area contributed by atoms with Crippen LogP contribution in [0.2, 0.25) is 0 Å². The average molecular weight is 263 g/mol. The van der Waals surface area contributed by atoms with Gasteiger partial charge in [0.2, 0.25) is 5.91 Å². The molecule has 0 saturated heterocycles. The summed E-state index contributed by atoms with van der Waals surface area (Å²) in [5, 5.41) is 5.12. The molecule has 0 aromatic heterocycles. The van der Waals surface area contributed by atoms with Crippen molar-refractivity contribution in [3.05, 3.63) is 35.9 Å². The third-order valence-electron chi connectivity index (χ3n) is 3.00. The van der Waals surface area contributed by atoms with E-state index in [2.05, 4.69) is 29.7 Å². The third kappa shape index (κ3) is 5.42. The number of benzene rings is 1. The van der Waals surface area contributed by atoms with Gasteiger partial charge in [-0.1, -0.05) is 37.3 Å². The highest BCUT2D eigenvalue weighted by atomic mass is 16.2. The van der Waals surface area contributed by atoms with Crippen LogP contribution >= 0.6 is 0 Å². The number of rotatable bonds is 6. The van der Waals surface area contributed by atoms with Crippen molar-refractivity contribution in [3.63, 3.8) is 0 Å². The van der Waals surface area contributed by atoms with Crippen LogP contribution in [0.4, 0.5) is 4.79 Å². The van der Waals surface area contributed by atoms with Crippen LogP contribution in [0.15, 0.2) is 30.3 Å². The molecule has 5 heteroatoms. The van der Waals surface area contributed by atoms with Gasteiger partial charge in [-0.3, -0.25) is 4.79 Å². The van der Waals surface area contributed by atoms with Crippen LogP contribution in [0.1, 0.15) is 31.7 Å². The van der Waals surface area contributed by atoms with Crippen molar-refractivity contribution in [2.75, 3.05) is 6.54 Å². The normalized spacial score (nSPS) is 13.4. The molecule has 2 atom stereocenters. The Labute approximate surface area is 113 Å². The average Bonchev–Trinajstić information content (AvgIpc) is 2.38. The summed E-state index contributed by atoms with van der Waals surface area (Å²) in [5.41, 5.74) is 6.20. The molecular weight excluding hydrogens is 242 g/mol. The maximum atomic E-state index is 11.6. The van der Waals surface area contributed by atoms with E-state index < -0.39 is 12.1 Å². The van der Waals surface area contributed by atoms with E-state index in [-0.39, 0.29) is 5.91 Å². The highest BCUT2D eigenvalue weighted by molar-refractivity contribution is 5.86. The first kappa shape index (κ1) is 15.0. The van der Waals surface area contributed by atoms with Crippen LogP contribution in [0, 0.1) is 0 Å². The van der Waals surface area contributed by atoms with E-state index in [0.29, 0.717) is 12.5 Å². The first-order chi connectivity index (χ1) is 9.00. The topological polar surface area (TPSA) is 84.2 Å². The Kier molecular flexibility index (Phi) is 5.85. The molecule has 0 aliphatic carbocycles. The summed E-state index contributed by atoms with van der Waals surface area (Å²) in [6.45, 7) is 4.28. The molecule has 1 aromatic carbocycles. The molecule has 0 aliphatic rings. The van der Waals surface area contributed by atoms with Gasteiger partial charge in [0.05, 0.1) is 0 Å². The number of carbonyl (C=O) groups is 2. The van der Waals surface area contributed by atoms with Crippen molar-refractivity contribution in [2.45, 2.75) is 32.2 Å². The van der Waals surface area contributed by atoms with E-state index in [0.717, 1.165) is 6.42 Å². The van der Waals surface area contributed by atoms with Crippen molar-refractivity contribution < 1.29 is 9.59 Å². The predicted octanol–water partition coefficient (Wildman–Crippen LogP) is 1.35. The van der Waals surface area contributed by atoms with Crippen molar-refractivity contribution in [2.24, 2.45) is 5.73 Å². The molecule has 2 unspecified atom stereocenters. The Bertz CT molecular complexity index is 420. The van der Waals surface area contributed by atoms with Crippen LogP contribution in [0.25, 0.3) is 0 Å². The van der Waals surface area contributed by atoms with E-state index in [1.54, 1.807) is 6.92 Å². The summed E-state index contributed by atoms with van der Waals surface area (Å²) in [6.07, 6.45) is 0.846. The fraction of sp³-hybridized carbons (Fsp3) is 0.429. The van der Waals surface area contributed by atoms with E-state index in [1.165, 1.54) is 5.56 Å². The second-order valence-corrected chi connectivity index (χ2v) is 4.62. The lowest BCUT2D eigenvalue weighted by Gasteiger charge is -2.15. The molecule has 0 spiro atoms. The SMILES string of the molecule is CC(NC(N)=O)C(=O)NCCC(C)c1ccccc1. The van der Waals surface area contributed by atoms with Gasteiger partial charge in [0.25, 0.3) is 0 Å². The minimum atomic E-state index is -0.694. The molecule has 0 bridgehead atoms. The zero-order valence-electron chi connectivity index (χ0n) is 11.3. The van der Waals surface area contributed by atoms with Crippen LogP contribution in [-0.4, -0.2) is 24.5 Å². The molecule has 0 heterocycles. The number of nitrogens with one attached hydrogen (secondary N) is 2. The quantitative estimate of drug-likeness (QED) is 0.724. The Morgan fingerprint density at radius 1 is 1.21 bits per heavy atom. The molecule has 0 fully saturated rings. The van der Waals surface area contributed by atoms with E-state index in [4.69, 9.17) is 5.73 Å². The van der Waals surface area contributed by atoms with Gasteiger partial charge >= 0.3 is 6.03 Å². The number of hydrogen-bond donors (Lipinski definition) is 3. The Morgan fingerprint density at radius 2 is 1.84 bits per heavy atom. The molecule has 5 nitrogen and oxygen atoms in total. The molecule has 1 aromatic rings. The zero-order valence-corrected chi connectivity index (χ0v) is 11.3. The molecule has 0 radical (unpaired) electrons. The molecule has 3 amide bonds. The second kappa shape index (κ2) is 7.41. The summed E-state index contributed by atoms with van der Waals surface area (Å²) < 4.78 is 0. The predicted molar refractivity (Wildman–Crippen MR) is 74.7 cm³/mol. The van der Waals surface area contributed by atoms with Crippen molar-refractivity contribution in [1.82, 2.24) is 10.6 Å². The monoisotopic (exact) mass is 263 g/mol. The van der Waals surface area contributed by atoms with Gasteiger partial charge in [-0.05, 0) is 24.8 Å². The smallest absolute Gasteiger partial charge is 0.312 e. The highest BCUT2D eigenvalue weighted by Crippen LogP contribution is 2.17. The van der Waals surface area contributed by atoms with Gasteiger partial charge in [-0.25, -0.2) is 4.79 Å². The largest absolute Gasteiger partial charge is 0.354 e. The number of carbonyl (C=O) groups excluding carboxylic acids is 2. The summed E-state index contributed by atoms with van der Waals surface area (Å²) in [6, 6.07) is 8.83. The van der Waals surface area contributed by atoms with E-state index in [9.17, 15) is 9.59 Å². The molecule has 104 valence electrons. The number of nitrogens with two attached hydrogens (primary N) is 1. The minimum absolute atomic E-state index is 0.223. The molecule has 19 heavy (non-hydrogen) atoms. The second-order valence-electron chi connectivity index (χ2n) is 4.62. The van der Waals surface area contributed by atoms with E-state index >= 15 is 0 Å². The molecular formula is C14H21N3O2. The van der Waals surface area contributed by atoms with Gasteiger partial charge < -0.3 is 16.4 Å². The molecule has 1 rings (SSSR count). The minimum Gasteiger partial charge on any atom is -0.354 e. The third-order valence-corrected chi connectivity index (χ3v) is 3.00. The fourth-order valence-electron chi connectivity index (χ4n) is 1.79. The Hall–Kier alpha value is -2.04. The van der Waals surface area contributed by atoms with E-state index in [1.807, 2.05) is 18.2 Å². The van der Waals surface area contributed by atoms with Crippen LogP contribution < -0.4 is 16.4 Å². The molecule has 0 saturated carbocycles. The Balaban J connectivity index is 2.30. The first-order valence-corrected chi connectivity index (χ1v) is 6.39. The van der Waals surface area contributed by atoms with Gasteiger partial charge in [0.15, 0.2) is 0 Å². The maximum absolute atomic E-state index is 11.6. The summed E-state index contributed by atoms with van der Waals surface area (Å²) in [7, 11) is 0. The van der Waals surface area contributed by atoms with Crippen molar-refractivity contribution in [1.29, 1.82) is 0 Å². The fourth-order valence-corrected chi connectivity index (χ4v) is 1.79. The lowest BCUT2D eigenvalue weighted by Crippen LogP contribution is -2.47. The number of urea groups is 1. The zero-order chi connectivity index (χ0) is 14.3. The maximum Gasteiger partial charge on any atom is 0.312 e. The lowest BCUT2D eigenvalue weighted by molar-refractivity contribution is -0.122. The van der Waals surface area contributed by atoms with Crippen molar-refractivity contribution in [3.8, 4) is 0 Å². The summed E-state index contributed by atoms with van der Waals surface area (Å²) >= 11 is 0. The highest BCUT2D eigenvalue weighted by Gasteiger charge is 2.13. The van der Waals surface area contributed by atoms with Gasteiger partial charge in [-0.2, -0.15) is 0 Å². The van der Waals surface area contributed by atoms with Crippen molar-refractivity contribution >= 4 is 11.9 Å². The lowest BCUT2D eigenvalue weighted by atomic mass is 9.98. The van der Waals surface area contributed by atoms with Crippen LogP contribution in [0.3, 0.4) is 0 Å². The number of amides is 3. The summed E-state index contributed by atoms with van der Waals surface area (Å²) in [5.74, 6) is 0.153. The standard InChI is InChI=1S/C14H21N3O2/c1-10(12-6-4-3-5-7-12)8-9-16-13(18)11(2)17-14(15)19/h3-7,10-11H,8-9H2,1-2H3,(H,16,18)(H3,15,17,19). The van der Waals surface area contributed by atoms with Crippen LogP contribution in [0.5, 0.6) is 0 Å². The first-order valence-electron chi connectivity index (χ1n) is 6.39.